The van der Waals surface area contributed by atoms with Crippen molar-refractivity contribution in [3.05, 3.63) is 51.1 Å². The molecule has 3 aromatic rings. The Bertz CT molecular complexity index is 1030. The van der Waals surface area contributed by atoms with Crippen LogP contribution >= 0.6 is 11.3 Å². The van der Waals surface area contributed by atoms with Crippen LogP contribution in [0.1, 0.15) is 15.9 Å². The zero-order valence-electron chi connectivity index (χ0n) is 12.1. The summed E-state index contributed by atoms with van der Waals surface area (Å²) in [7, 11) is 0. The maximum absolute atomic E-state index is 12.7. The Balaban J connectivity index is 2.39. The van der Waals surface area contributed by atoms with Crippen LogP contribution < -0.4 is 5.56 Å². The summed E-state index contributed by atoms with van der Waals surface area (Å²) in [6.45, 7) is 1.72. The highest BCUT2D eigenvalue weighted by Gasteiger charge is 2.20. The number of benzene rings is 1. The number of thiophene rings is 1. The van der Waals surface area contributed by atoms with Gasteiger partial charge in [-0.15, -0.1) is 11.3 Å². The quantitative estimate of drug-likeness (QED) is 0.798. The Hall–Kier alpha value is -2.98. The van der Waals surface area contributed by atoms with Crippen molar-refractivity contribution < 1.29 is 9.90 Å². The number of fused-ring (bicyclic) bond motifs is 1. The van der Waals surface area contributed by atoms with Gasteiger partial charge in [0.1, 0.15) is 17.2 Å². The van der Waals surface area contributed by atoms with Gasteiger partial charge >= 0.3 is 5.97 Å². The van der Waals surface area contributed by atoms with Gasteiger partial charge in [-0.1, -0.05) is 23.8 Å². The summed E-state index contributed by atoms with van der Waals surface area (Å²) in [4.78, 5) is 28.8. The molecular formula is C16H11N3O3S. The molecule has 23 heavy (non-hydrogen) atoms. The van der Waals surface area contributed by atoms with Crippen LogP contribution in [0, 0.1) is 18.3 Å². The first-order valence-electron chi connectivity index (χ1n) is 6.72. The number of aromatic carboxylic acids is 1. The third-order valence-corrected chi connectivity index (χ3v) is 4.30. The maximum Gasteiger partial charge on any atom is 0.337 e. The molecule has 0 bridgehead atoms. The minimum Gasteiger partial charge on any atom is -0.478 e. The lowest BCUT2D eigenvalue weighted by atomic mass is 10.1. The Morgan fingerprint density at radius 2 is 2.26 bits per heavy atom. The monoisotopic (exact) mass is 325 g/mol. The fourth-order valence-corrected chi connectivity index (χ4v) is 3.31. The first-order valence-corrected chi connectivity index (χ1v) is 7.60. The van der Waals surface area contributed by atoms with Crippen molar-refractivity contribution in [1.82, 2.24) is 9.55 Å². The van der Waals surface area contributed by atoms with E-state index in [1.807, 2.05) is 31.2 Å². The van der Waals surface area contributed by atoms with Crippen molar-refractivity contribution in [2.24, 2.45) is 0 Å². The van der Waals surface area contributed by atoms with Crippen LogP contribution in [-0.4, -0.2) is 20.6 Å². The summed E-state index contributed by atoms with van der Waals surface area (Å²) in [5, 5.41) is 19.7. The van der Waals surface area contributed by atoms with Crippen molar-refractivity contribution in [1.29, 1.82) is 5.26 Å². The van der Waals surface area contributed by atoms with Crippen molar-refractivity contribution in [2.45, 2.75) is 13.5 Å². The number of nitriles is 1. The Morgan fingerprint density at radius 3 is 2.91 bits per heavy atom. The van der Waals surface area contributed by atoms with Crippen LogP contribution in [0.3, 0.4) is 0 Å². The number of carbonyl (C=O) groups is 1. The third-order valence-electron chi connectivity index (χ3n) is 3.43. The number of hydrogen-bond donors (Lipinski definition) is 1. The van der Waals surface area contributed by atoms with Gasteiger partial charge in [0.2, 0.25) is 0 Å². The van der Waals surface area contributed by atoms with Crippen molar-refractivity contribution in [3.63, 3.8) is 0 Å². The van der Waals surface area contributed by atoms with Crippen LogP contribution in [0.5, 0.6) is 0 Å². The molecule has 0 spiro atoms. The summed E-state index contributed by atoms with van der Waals surface area (Å²) in [6.07, 6.45) is 0. The van der Waals surface area contributed by atoms with E-state index in [2.05, 4.69) is 4.98 Å². The summed E-state index contributed by atoms with van der Waals surface area (Å²) in [5.74, 6) is -0.812. The van der Waals surface area contributed by atoms with Gasteiger partial charge in [-0.25, -0.2) is 9.78 Å². The van der Waals surface area contributed by atoms with Crippen LogP contribution in [0.4, 0.5) is 0 Å². The lowest BCUT2D eigenvalue weighted by Crippen LogP contribution is -2.23. The summed E-state index contributed by atoms with van der Waals surface area (Å²) < 4.78 is 1.22. The highest BCUT2D eigenvalue weighted by molar-refractivity contribution is 7.17. The first kappa shape index (κ1) is 14.9. The zero-order valence-corrected chi connectivity index (χ0v) is 12.9. The van der Waals surface area contributed by atoms with Gasteiger partial charge in [-0.05, 0) is 13.0 Å². The van der Waals surface area contributed by atoms with Gasteiger partial charge < -0.3 is 5.11 Å². The predicted molar refractivity (Wildman–Crippen MR) is 86.6 cm³/mol. The second-order valence-corrected chi connectivity index (χ2v) is 5.85. The van der Waals surface area contributed by atoms with E-state index in [1.54, 1.807) is 6.07 Å². The van der Waals surface area contributed by atoms with Crippen LogP contribution in [0.15, 0.2) is 34.4 Å². The highest BCUT2D eigenvalue weighted by atomic mass is 32.1. The average Bonchev–Trinajstić information content (AvgIpc) is 2.94. The molecule has 2 heterocycles. The van der Waals surface area contributed by atoms with E-state index < -0.39 is 11.5 Å². The number of carboxylic acids is 1. The molecule has 0 saturated carbocycles. The molecule has 114 valence electrons. The number of carboxylic acid groups (broad SMARTS) is 1. The number of nitrogens with zero attached hydrogens (tertiary/aromatic N) is 3. The second-order valence-electron chi connectivity index (χ2n) is 4.99. The highest BCUT2D eigenvalue weighted by Crippen LogP contribution is 2.25. The minimum absolute atomic E-state index is 0.0501. The molecule has 0 fully saturated rings. The van der Waals surface area contributed by atoms with Gasteiger partial charge in [0, 0.05) is 10.9 Å². The van der Waals surface area contributed by atoms with Crippen molar-refractivity contribution >= 4 is 27.5 Å². The molecule has 0 saturated heterocycles. The van der Waals surface area contributed by atoms with E-state index in [9.17, 15) is 14.7 Å². The number of aromatic nitrogens is 2. The normalized spacial score (nSPS) is 10.6. The molecule has 0 aliphatic carbocycles. The molecule has 6 nitrogen and oxygen atoms in total. The Morgan fingerprint density at radius 1 is 1.48 bits per heavy atom. The molecule has 1 aromatic carbocycles. The van der Waals surface area contributed by atoms with E-state index in [0.29, 0.717) is 16.2 Å². The fraction of sp³-hybridized carbons (Fsp3) is 0.125. The Kier molecular flexibility index (Phi) is 3.68. The first-order chi connectivity index (χ1) is 11.0. The molecule has 0 unspecified atom stereocenters. The summed E-state index contributed by atoms with van der Waals surface area (Å²) in [6, 6.07) is 9.37. The van der Waals surface area contributed by atoms with Gasteiger partial charge in [-0.3, -0.25) is 9.36 Å². The molecule has 3 rings (SSSR count). The van der Waals surface area contributed by atoms with E-state index in [0.717, 1.165) is 16.9 Å². The van der Waals surface area contributed by atoms with Crippen molar-refractivity contribution in [2.75, 3.05) is 0 Å². The van der Waals surface area contributed by atoms with Crippen LogP contribution in [0.2, 0.25) is 0 Å². The van der Waals surface area contributed by atoms with Gasteiger partial charge in [-0.2, -0.15) is 5.26 Å². The van der Waals surface area contributed by atoms with Gasteiger partial charge in [0.15, 0.2) is 0 Å². The molecule has 1 N–H and O–H groups in total. The lowest BCUT2D eigenvalue weighted by Gasteiger charge is -2.10. The fourth-order valence-electron chi connectivity index (χ4n) is 2.40. The average molecular weight is 325 g/mol. The van der Waals surface area contributed by atoms with E-state index >= 15 is 0 Å². The molecule has 2 aromatic heterocycles. The standard InChI is InChI=1S/C16H11N3O3S/c1-9-3-2-4-10(7-9)13-18-14-12(11(8-23-14)16(21)22)15(20)19(13)6-5-17/h2-4,7-8H,6H2,1H3,(H,21,22). The van der Waals surface area contributed by atoms with Gasteiger partial charge in [0.05, 0.1) is 17.0 Å². The largest absolute Gasteiger partial charge is 0.478 e. The van der Waals surface area contributed by atoms with E-state index in [1.165, 1.54) is 9.95 Å². The maximum atomic E-state index is 12.7. The van der Waals surface area contributed by atoms with Crippen LogP contribution in [0.25, 0.3) is 21.6 Å². The molecule has 0 radical (unpaired) electrons. The molecule has 0 aliphatic heterocycles. The number of aryl methyl sites for hydroxylation is 1. The van der Waals surface area contributed by atoms with Crippen LogP contribution in [-0.2, 0) is 6.54 Å². The van der Waals surface area contributed by atoms with Gasteiger partial charge in [0.25, 0.3) is 5.56 Å². The lowest BCUT2D eigenvalue weighted by molar-refractivity contribution is 0.0699. The Labute approximate surface area is 134 Å². The van der Waals surface area contributed by atoms with E-state index in [-0.39, 0.29) is 17.5 Å². The van der Waals surface area contributed by atoms with E-state index in [4.69, 9.17) is 5.26 Å². The second kappa shape index (κ2) is 5.66. The summed E-state index contributed by atoms with van der Waals surface area (Å²) in [5.41, 5.74) is 1.12. The topological polar surface area (TPSA) is 96.0 Å². The van der Waals surface area contributed by atoms with Crippen molar-refractivity contribution in [3.8, 4) is 17.5 Å². The molecule has 7 heteroatoms. The molecular weight excluding hydrogens is 314 g/mol. The summed E-state index contributed by atoms with van der Waals surface area (Å²) >= 11 is 1.11. The number of hydrogen-bond acceptors (Lipinski definition) is 5. The molecule has 0 amide bonds. The smallest absolute Gasteiger partial charge is 0.337 e. The molecule has 0 atom stereocenters. The minimum atomic E-state index is -1.18. The molecule has 0 aliphatic rings. The predicted octanol–water partition coefficient (Wildman–Crippen LogP) is 2.66. The third kappa shape index (κ3) is 2.49. The number of rotatable bonds is 3. The zero-order chi connectivity index (χ0) is 16.6. The SMILES string of the molecule is Cc1cccc(-c2nc3scc(C(=O)O)c3c(=O)n2CC#N)c1.